The summed E-state index contributed by atoms with van der Waals surface area (Å²) in [6.45, 7) is 4.17. The normalized spacial score (nSPS) is 10.5. The molecule has 2 aromatic rings. The van der Waals surface area contributed by atoms with Crippen molar-refractivity contribution in [3.63, 3.8) is 0 Å². The first kappa shape index (κ1) is 13.9. The fourth-order valence-corrected chi connectivity index (χ4v) is 2.32. The van der Waals surface area contributed by atoms with Crippen LogP contribution in [0.5, 0.6) is 0 Å². The second-order valence-corrected chi connectivity index (χ2v) is 5.33. The van der Waals surface area contributed by atoms with Gasteiger partial charge in [-0.2, -0.15) is 0 Å². The van der Waals surface area contributed by atoms with E-state index in [2.05, 4.69) is 27.9 Å². The predicted molar refractivity (Wildman–Crippen MR) is 81.3 cm³/mol. The Bertz CT molecular complexity index is 622. The highest BCUT2D eigenvalue weighted by Crippen LogP contribution is 2.26. The monoisotopic (exact) mass is 372 g/mol. The Hall–Kier alpha value is -1.57. The number of rotatable bonds is 4. The van der Waals surface area contributed by atoms with Crippen LogP contribution in [0.25, 0.3) is 0 Å². The van der Waals surface area contributed by atoms with Gasteiger partial charge >= 0.3 is 0 Å². The summed E-state index contributed by atoms with van der Waals surface area (Å²) in [4.78, 5) is 10.6. The second kappa shape index (κ2) is 5.60. The van der Waals surface area contributed by atoms with Crippen LogP contribution in [0.3, 0.4) is 0 Å². The van der Waals surface area contributed by atoms with Gasteiger partial charge in [0.05, 0.1) is 11.5 Å². The van der Waals surface area contributed by atoms with E-state index in [0.717, 1.165) is 20.8 Å². The molecule has 0 unspecified atom stereocenters. The zero-order chi connectivity index (χ0) is 14.0. The number of aryl methyl sites for hydroxylation is 2. The summed E-state index contributed by atoms with van der Waals surface area (Å²) in [6, 6.07) is 7.14. The largest absolute Gasteiger partial charge is 0.454 e. The van der Waals surface area contributed by atoms with Crippen LogP contribution in [0.1, 0.15) is 16.9 Å². The number of benzene rings is 1. The van der Waals surface area contributed by atoms with E-state index in [4.69, 9.17) is 4.42 Å². The van der Waals surface area contributed by atoms with E-state index >= 15 is 0 Å². The zero-order valence-corrected chi connectivity index (χ0v) is 12.7. The minimum Gasteiger partial charge on any atom is -0.454 e. The molecule has 0 radical (unpaired) electrons. The van der Waals surface area contributed by atoms with E-state index in [-0.39, 0.29) is 10.6 Å². The SMILES string of the molecule is Cc1cc(C)c([N+](=O)[O-])cc1NCc1ccc(I)o1. The Morgan fingerprint density at radius 3 is 2.63 bits per heavy atom. The van der Waals surface area contributed by atoms with Crippen molar-refractivity contribution in [2.45, 2.75) is 20.4 Å². The van der Waals surface area contributed by atoms with Gasteiger partial charge in [0, 0.05) is 17.3 Å². The van der Waals surface area contributed by atoms with Crippen LogP contribution in [0.4, 0.5) is 11.4 Å². The number of furan rings is 1. The standard InChI is InChI=1S/C13H13IN2O3/c1-8-5-9(2)12(16(17)18)6-11(8)15-7-10-3-4-13(14)19-10/h3-6,15H,7H2,1-2H3. The lowest BCUT2D eigenvalue weighted by Crippen LogP contribution is -2.02. The number of nitro benzene ring substituents is 1. The van der Waals surface area contributed by atoms with Crippen LogP contribution in [-0.4, -0.2) is 4.92 Å². The van der Waals surface area contributed by atoms with Gasteiger partial charge in [0.25, 0.3) is 5.69 Å². The van der Waals surface area contributed by atoms with Crippen molar-refractivity contribution in [2.24, 2.45) is 0 Å². The maximum atomic E-state index is 10.9. The van der Waals surface area contributed by atoms with Gasteiger partial charge in [0.15, 0.2) is 3.77 Å². The molecule has 1 aromatic heterocycles. The van der Waals surface area contributed by atoms with Gasteiger partial charge in [-0.05, 0) is 60.2 Å². The highest BCUT2D eigenvalue weighted by Gasteiger charge is 2.13. The third-order valence-corrected chi connectivity index (χ3v) is 3.40. The van der Waals surface area contributed by atoms with Crippen LogP contribution in [0, 0.1) is 27.7 Å². The minimum atomic E-state index is -0.365. The molecule has 5 nitrogen and oxygen atoms in total. The molecule has 6 heteroatoms. The summed E-state index contributed by atoms with van der Waals surface area (Å²) < 4.78 is 6.26. The predicted octanol–water partition coefficient (Wildman–Crippen LogP) is 4.02. The summed E-state index contributed by atoms with van der Waals surface area (Å²) in [5, 5.41) is 14.1. The molecule has 0 fully saturated rings. The lowest BCUT2D eigenvalue weighted by atomic mass is 10.1. The van der Waals surface area contributed by atoms with Crippen molar-refractivity contribution in [1.29, 1.82) is 0 Å². The van der Waals surface area contributed by atoms with Crippen LogP contribution >= 0.6 is 22.6 Å². The van der Waals surface area contributed by atoms with Gasteiger partial charge in [0.2, 0.25) is 0 Å². The lowest BCUT2D eigenvalue weighted by molar-refractivity contribution is -0.385. The first-order valence-corrected chi connectivity index (χ1v) is 6.79. The molecule has 1 aromatic carbocycles. The quantitative estimate of drug-likeness (QED) is 0.500. The minimum absolute atomic E-state index is 0.127. The van der Waals surface area contributed by atoms with Gasteiger partial charge in [-0.15, -0.1) is 0 Å². The molecule has 0 atom stereocenters. The smallest absolute Gasteiger partial charge is 0.274 e. The van der Waals surface area contributed by atoms with Crippen molar-refractivity contribution < 1.29 is 9.34 Å². The fourth-order valence-electron chi connectivity index (χ4n) is 1.86. The Morgan fingerprint density at radius 2 is 2.05 bits per heavy atom. The Kier molecular flexibility index (Phi) is 4.08. The highest BCUT2D eigenvalue weighted by molar-refractivity contribution is 14.1. The van der Waals surface area contributed by atoms with Crippen molar-refractivity contribution in [3.05, 3.63) is 55.0 Å². The Labute approximate surface area is 124 Å². The van der Waals surface area contributed by atoms with E-state index in [9.17, 15) is 10.1 Å². The molecule has 100 valence electrons. The third kappa shape index (κ3) is 3.25. The number of halogens is 1. The number of nitrogens with zero attached hydrogens (tertiary/aromatic N) is 1. The molecule has 19 heavy (non-hydrogen) atoms. The van der Waals surface area contributed by atoms with Crippen LogP contribution in [-0.2, 0) is 6.54 Å². The first-order chi connectivity index (χ1) is 8.97. The molecule has 0 saturated carbocycles. The number of hydrogen-bond acceptors (Lipinski definition) is 4. The molecule has 0 aliphatic heterocycles. The summed E-state index contributed by atoms with van der Waals surface area (Å²) in [5.41, 5.74) is 2.52. The average Bonchev–Trinajstić information content (AvgIpc) is 2.73. The molecule has 0 amide bonds. The third-order valence-electron chi connectivity index (χ3n) is 2.82. The van der Waals surface area contributed by atoms with E-state index in [1.165, 1.54) is 0 Å². The Balaban J connectivity index is 2.20. The molecule has 2 rings (SSSR count). The summed E-state index contributed by atoms with van der Waals surface area (Å²) in [7, 11) is 0. The molecule has 1 N–H and O–H groups in total. The van der Waals surface area contributed by atoms with E-state index in [1.54, 1.807) is 13.0 Å². The van der Waals surface area contributed by atoms with Gasteiger partial charge in [-0.25, -0.2) is 0 Å². The highest BCUT2D eigenvalue weighted by atomic mass is 127. The Morgan fingerprint density at radius 1 is 1.32 bits per heavy atom. The number of anilines is 1. The number of nitro groups is 1. The number of hydrogen-bond donors (Lipinski definition) is 1. The summed E-state index contributed by atoms with van der Waals surface area (Å²) >= 11 is 2.10. The topological polar surface area (TPSA) is 68.3 Å². The maximum Gasteiger partial charge on any atom is 0.274 e. The molecule has 0 saturated heterocycles. The average molecular weight is 372 g/mol. The van der Waals surface area contributed by atoms with Crippen molar-refractivity contribution in [2.75, 3.05) is 5.32 Å². The lowest BCUT2D eigenvalue weighted by Gasteiger charge is -2.09. The van der Waals surface area contributed by atoms with Crippen LogP contribution < -0.4 is 5.32 Å². The van der Waals surface area contributed by atoms with E-state index in [0.29, 0.717) is 12.1 Å². The number of nitrogens with one attached hydrogen (secondary N) is 1. The fraction of sp³-hybridized carbons (Fsp3) is 0.231. The van der Waals surface area contributed by atoms with Crippen molar-refractivity contribution in [1.82, 2.24) is 0 Å². The molecule has 1 heterocycles. The summed E-state index contributed by atoms with van der Waals surface area (Å²) in [6.07, 6.45) is 0. The van der Waals surface area contributed by atoms with Gasteiger partial charge in [0.1, 0.15) is 5.76 Å². The van der Waals surface area contributed by atoms with E-state index < -0.39 is 0 Å². The maximum absolute atomic E-state index is 10.9. The molecule has 0 aliphatic carbocycles. The molecule has 0 spiro atoms. The molecular weight excluding hydrogens is 359 g/mol. The van der Waals surface area contributed by atoms with Crippen LogP contribution in [0.2, 0.25) is 0 Å². The van der Waals surface area contributed by atoms with Gasteiger partial charge < -0.3 is 9.73 Å². The van der Waals surface area contributed by atoms with Gasteiger partial charge in [-0.1, -0.05) is 0 Å². The van der Waals surface area contributed by atoms with Crippen LogP contribution in [0.15, 0.2) is 28.7 Å². The van der Waals surface area contributed by atoms with E-state index in [1.807, 2.05) is 25.1 Å². The molecule has 0 bridgehead atoms. The second-order valence-electron chi connectivity index (χ2n) is 4.27. The molecule has 0 aliphatic rings. The summed E-state index contributed by atoms with van der Waals surface area (Å²) in [5.74, 6) is 0.798. The van der Waals surface area contributed by atoms with Crippen molar-refractivity contribution in [3.8, 4) is 0 Å². The zero-order valence-electron chi connectivity index (χ0n) is 10.6. The molecular formula is C13H13IN2O3. The van der Waals surface area contributed by atoms with Crippen molar-refractivity contribution >= 4 is 34.0 Å². The first-order valence-electron chi connectivity index (χ1n) is 5.71. The van der Waals surface area contributed by atoms with Gasteiger partial charge in [-0.3, -0.25) is 10.1 Å².